The van der Waals surface area contributed by atoms with Gasteiger partial charge >= 0.3 is 0 Å². The van der Waals surface area contributed by atoms with E-state index < -0.39 is 10.5 Å². The number of nitrogens with one attached hydrogen (secondary N) is 1. The van der Waals surface area contributed by atoms with Crippen molar-refractivity contribution >= 4 is 5.69 Å². The van der Waals surface area contributed by atoms with Crippen LogP contribution in [0.15, 0.2) is 18.2 Å². The highest BCUT2D eigenvalue weighted by Gasteiger charge is 2.22. The fourth-order valence-electron chi connectivity index (χ4n) is 1.88. The first-order chi connectivity index (χ1) is 9.91. The van der Waals surface area contributed by atoms with Gasteiger partial charge in [-0.1, -0.05) is 6.92 Å². The van der Waals surface area contributed by atoms with E-state index in [-0.39, 0.29) is 5.69 Å². The van der Waals surface area contributed by atoms with Crippen molar-refractivity contribution in [3.8, 4) is 11.8 Å². The lowest BCUT2D eigenvalue weighted by Gasteiger charge is -2.23. The van der Waals surface area contributed by atoms with Gasteiger partial charge in [0.15, 0.2) is 0 Å². The normalized spacial score (nSPS) is 13.2. The summed E-state index contributed by atoms with van der Waals surface area (Å²) in [6, 6.07) is 6.91. The van der Waals surface area contributed by atoms with Gasteiger partial charge in [0.05, 0.1) is 17.6 Å². The molecule has 1 atom stereocenters. The van der Waals surface area contributed by atoms with E-state index in [0.29, 0.717) is 24.3 Å². The molecule has 21 heavy (non-hydrogen) atoms. The third-order valence-corrected chi connectivity index (χ3v) is 3.25. The van der Waals surface area contributed by atoms with Gasteiger partial charge in [-0.15, -0.1) is 0 Å². The molecule has 114 valence electrons. The molecule has 0 amide bonds. The Kier molecular flexibility index (Phi) is 6.12. The number of rotatable bonds is 8. The topological polar surface area (TPSA) is 88.2 Å². The second kappa shape index (κ2) is 7.60. The number of hydrogen-bond acceptors (Lipinski definition) is 5. The molecule has 1 N–H and O–H groups in total. The fourth-order valence-corrected chi connectivity index (χ4v) is 1.88. The molecule has 0 heterocycles. The van der Waals surface area contributed by atoms with Crippen LogP contribution in [-0.2, 0) is 0 Å². The second-order valence-electron chi connectivity index (χ2n) is 5.17. The van der Waals surface area contributed by atoms with Gasteiger partial charge in [-0.3, -0.25) is 15.4 Å². The molecule has 6 heteroatoms. The first-order valence-electron chi connectivity index (χ1n) is 6.96. The predicted molar refractivity (Wildman–Crippen MR) is 80.3 cm³/mol. The van der Waals surface area contributed by atoms with Crippen molar-refractivity contribution in [2.45, 2.75) is 39.2 Å². The molecule has 0 spiro atoms. The van der Waals surface area contributed by atoms with E-state index in [0.717, 1.165) is 13.0 Å². The number of nitrogens with zero attached hydrogens (tertiary/aromatic N) is 2. The van der Waals surface area contributed by atoms with E-state index in [1.165, 1.54) is 6.07 Å². The maximum Gasteiger partial charge on any atom is 0.272 e. The van der Waals surface area contributed by atoms with Crippen LogP contribution < -0.4 is 10.1 Å². The van der Waals surface area contributed by atoms with Crippen LogP contribution in [0.25, 0.3) is 0 Å². The van der Waals surface area contributed by atoms with Gasteiger partial charge < -0.3 is 4.74 Å². The SMILES string of the molecule is CCCNC(C)(C#N)CCOc1ccc([N+](=O)[O-])c(C)c1. The van der Waals surface area contributed by atoms with Crippen LogP contribution in [0.3, 0.4) is 0 Å². The van der Waals surface area contributed by atoms with Crippen molar-refractivity contribution in [2.75, 3.05) is 13.2 Å². The van der Waals surface area contributed by atoms with Crippen LogP contribution in [0.1, 0.15) is 32.3 Å². The van der Waals surface area contributed by atoms with Crippen molar-refractivity contribution in [2.24, 2.45) is 0 Å². The van der Waals surface area contributed by atoms with Gasteiger partial charge in [-0.25, -0.2) is 0 Å². The highest BCUT2D eigenvalue weighted by atomic mass is 16.6. The molecule has 0 saturated heterocycles. The average molecular weight is 291 g/mol. The highest BCUT2D eigenvalue weighted by molar-refractivity contribution is 5.44. The Balaban J connectivity index is 2.58. The Morgan fingerprint density at radius 3 is 2.76 bits per heavy atom. The summed E-state index contributed by atoms with van der Waals surface area (Å²) >= 11 is 0. The van der Waals surface area contributed by atoms with Gasteiger partial charge in [0.25, 0.3) is 5.69 Å². The summed E-state index contributed by atoms with van der Waals surface area (Å²) in [5.41, 5.74) is 0.0183. The quantitative estimate of drug-likeness (QED) is 0.587. The van der Waals surface area contributed by atoms with Crippen LogP contribution in [0, 0.1) is 28.4 Å². The number of ether oxygens (including phenoxy) is 1. The zero-order chi connectivity index (χ0) is 15.9. The molecule has 0 fully saturated rings. The second-order valence-corrected chi connectivity index (χ2v) is 5.17. The summed E-state index contributed by atoms with van der Waals surface area (Å²) in [5.74, 6) is 0.578. The smallest absolute Gasteiger partial charge is 0.272 e. The molecule has 1 rings (SSSR count). The third-order valence-electron chi connectivity index (χ3n) is 3.25. The Labute approximate surface area is 124 Å². The number of nitro benzene ring substituents is 1. The highest BCUT2D eigenvalue weighted by Crippen LogP contribution is 2.23. The average Bonchev–Trinajstić information content (AvgIpc) is 2.45. The largest absolute Gasteiger partial charge is 0.493 e. The van der Waals surface area contributed by atoms with Crippen LogP contribution >= 0.6 is 0 Å². The van der Waals surface area contributed by atoms with Crippen LogP contribution in [0.5, 0.6) is 5.75 Å². The maximum atomic E-state index is 10.7. The molecule has 0 aliphatic heterocycles. The standard InChI is InChI=1S/C15H21N3O3/c1-4-8-17-15(3,11-16)7-9-21-13-5-6-14(18(19)20)12(2)10-13/h5-6,10,17H,4,7-9H2,1-3H3. The van der Waals surface area contributed by atoms with E-state index in [4.69, 9.17) is 4.74 Å². The van der Waals surface area contributed by atoms with Gasteiger partial charge in [-0.2, -0.15) is 5.26 Å². The Morgan fingerprint density at radius 1 is 1.52 bits per heavy atom. The molecule has 6 nitrogen and oxygen atoms in total. The summed E-state index contributed by atoms with van der Waals surface area (Å²) in [6.45, 7) is 6.71. The van der Waals surface area contributed by atoms with Crippen molar-refractivity contribution in [3.05, 3.63) is 33.9 Å². The number of nitriles is 1. The zero-order valence-corrected chi connectivity index (χ0v) is 12.7. The third kappa shape index (κ3) is 5.04. The van der Waals surface area contributed by atoms with Crippen LogP contribution in [0.4, 0.5) is 5.69 Å². The minimum atomic E-state index is -0.619. The van der Waals surface area contributed by atoms with Gasteiger partial charge in [0.1, 0.15) is 11.3 Å². The summed E-state index contributed by atoms with van der Waals surface area (Å²) in [5, 5.41) is 23.1. The molecule has 0 bridgehead atoms. The van der Waals surface area contributed by atoms with Crippen molar-refractivity contribution in [1.82, 2.24) is 5.32 Å². The molecule has 0 aromatic heterocycles. The van der Waals surface area contributed by atoms with Crippen molar-refractivity contribution in [3.63, 3.8) is 0 Å². The number of hydrogen-bond donors (Lipinski definition) is 1. The Bertz CT molecular complexity index is 539. The summed E-state index contributed by atoms with van der Waals surface area (Å²) < 4.78 is 5.59. The lowest BCUT2D eigenvalue weighted by atomic mass is 10.0. The van der Waals surface area contributed by atoms with Gasteiger partial charge in [0.2, 0.25) is 0 Å². The molecule has 0 aliphatic carbocycles. The Hall–Kier alpha value is -2.13. The molecule has 1 aromatic rings. The minimum Gasteiger partial charge on any atom is -0.493 e. The summed E-state index contributed by atoms with van der Waals surface area (Å²) in [7, 11) is 0. The summed E-state index contributed by atoms with van der Waals surface area (Å²) in [4.78, 5) is 10.3. The van der Waals surface area contributed by atoms with Crippen molar-refractivity contribution in [1.29, 1.82) is 5.26 Å². The first kappa shape index (κ1) is 16.9. The van der Waals surface area contributed by atoms with E-state index in [1.807, 2.05) is 13.8 Å². The van der Waals surface area contributed by atoms with Crippen molar-refractivity contribution < 1.29 is 9.66 Å². The minimum absolute atomic E-state index is 0.0776. The van der Waals surface area contributed by atoms with Crippen LogP contribution in [0.2, 0.25) is 0 Å². The number of nitro groups is 1. The molecule has 1 unspecified atom stereocenters. The molecule has 0 radical (unpaired) electrons. The maximum absolute atomic E-state index is 10.7. The summed E-state index contributed by atoms with van der Waals surface area (Å²) in [6.07, 6.45) is 1.50. The van der Waals surface area contributed by atoms with E-state index >= 15 is 0 Å². The molecular weight excluding hydrogens is 270 g/mol. The van der Waals surface area contributed by atoms with Crippen LogP contribution in [-0.4, -0.2) is 23.6 Å². The van der Waals surface area contributed by atoms with Gasteiger partial charge in [-0.05, 0) is 38.9 Å². The molecule has 1 aromatic carbocycles. The zero-order valence-electron chi connectivity index (χ0n) is 12.7. The fraction of sp³-hybridized carbons (Fsp3) is 0.533. The Morgan fingerprint density at radius 2 is 2.24 bits per heavy atom. The lowest BCUT2D eigenvalue weighted by molar-refractivity contribution is -0.385. The van der Waals surface area contributed by atoms with E-state index in [9.17, 15) is 15.4 Å². The number of benzene rings is 1. The van der Waals surface area contributed by atoms with E-state index in [2.05, 4.69) is 11.4 Å². The number of aryl methyl sites for hydroxylation is 1. The molecular formula is C15H21N3O3. The lowest BCUT2D eigenvalue weighted by Crippen LogP contribution is -2.42. The first-order valence-corrected chi connectivity index (χ1v) is 6.96. The molecule has 0 saturated carbocycles. The monoisotopic (exact) mass is 291 g/mol. The van der Waals surface area contributed by atoms with Gasteiger partial charge in [0, 0.05) is 18.1 Å². The predicted octanol–water partition coefficient (Wildman–Crippen LogP) is 2.95. The molecule has 0 aliphatic rings. The van der Waals surface area contributed by atoms with E-state index in [1.54, 1.807) is 19.1 Å².